The normalized spacial score (nSPS) is 22.4. The van der Waals surface area contributed by atoms with Crippen molar-refractivity contribution in [3.8, 4) is 0 Å². The molecule has 1 amide bonds. The minimum atomic E-state index is -0.0202. The molecule has 0 heterocycles. The number of rotatable bonds is 4. The number of benzene rings is 1. The molecule has 0 spiro atoms. The Kier molecular flexibility index (Phi) is 5.66. The van der Waals surface area contributed by atoms with Crippen LogP contribution in [0.2, 0.25) is 0 Å². The second kappa shape index (κ2) is 7.48. The molecule has 2 N–H and O–H groups in total. The zero-order valence-electron chi connectivity index (χ0n) is 13.5. The van der Waals surface area contributed by atoms with Gasteiger partial charge in [0.1, 0.15) is 0 Å². The first-order valence-electron chi connectivity index (χ1n) is 8.23. The Labute approximate surface area is 128 Å². The summed E-state index contributed by atoms with van der Waals surface area (Å²) in [4.78, 5) is 11.1. The Balaban J connectivity index is 1.96. The van der Waals surface area contributed by atoms with Gasteiger partial charge in [-0.05, 0) is 55.9 Å². The summed E-state index contributed by atoms with van der Waals surface area (Å²) in [6.07, 6.45) is 7.91. The third-order valence-electron chi connectivity index (χ3n) is 4.57. The molecule has 1 aliphatic carbocycles. The summed E-state index contributed by atoms with van der Waals surface area (Å²) in [5.74, 6) is 0.897. The van der Waals surface area contributed by atoms with Crippen molar-refractivity contribution < 1.29 is 4.79 Å². The van der Waals surface area contributed by atoms with E-state index >= 15 is 0 Å². The maximum atomic E-state index is 11.1. The van der Waals surface area contributed by atoms with Crippen molar-refractivity contribution in [3.05, 3.63) is 23.8 Å². The smallest absolute Gasteiger partial charge is 0.221 e. The molecule has 1 aromatic rings. The molecule has 0 aliphatic heterocycles. The molecule has 3 heteroatoms. The topological polar surface area (TPSA) is 41.1 Å². The summed E-state index contributed by atoms with van der Waals surface area (Å²) in [7, 11) is 0. The lowest BCUT2D eigenvalue weighted by atomic mass is 9.98. The number of carbonyl (C=O) groups excluding carboxylic acids is 1. The van der Waals surface area contributed by atoms with E-state index in [-0.39, 0.29) is 5.91 Å². The number of anilines is 2. The molecule has 116 valence electrons. The Morgan fingerprint density at radius 2 is 2.05 bits per heavy atom. The van der Waals surface area contributed by atoms with Gasteiger partial charge in [-0.1, -0.05) is 26.2 Å². The van der Waals surface area contributed by atoms with Crippen LogP contribution in [0.15, 0.2) is 18.2 Å². The third-order valence-corrected chi connectivity index (χ3v) is 4.57. The first-order valence-corrected chi connectivity index (χ1v) is 8.23. The fourth-order valence-corrected chi connectivity index (χ4v) is 3.25. The Morgan fingerprint density at radius 1 is 1.24 bits per heavy atom. The minimum Gasteiger partial charge on any atom is -0.382 e. The van der Waals surface area contributed by atoms with Crippen LogP contribution in [-0.2, 0) is 4.79 Å². The van der Waals surface area contributed by atoms with Gasteiger partial charge in [-0.3, -0.25) is 4.79 Å². The van der Waals surface area contributed by atoms with E-state index in [1.807, 2.05) is 13.0 Å². The molecule has 1 saturated carbocycles. The molecule has 1 aliphatic rings. The highest BCUT2D eigenvalue weighted by Crippen LogP contribution is 2.28. The van der Waals surface area contributed by atoms with Crippen LogP contribution in [0.3, 0.4) is 0 Å². The van der Waals surface area contributed by atoms with E-state index in [4.69, 9.17) is 0 Å². The molecule has 0 bridgehead atoms. The molecule has 2 rings (SSSR count). The summed E-state index contributed by atoms with van der Waals surface area (Å²) in [5.41, 5.74) is 3.18. The fourth-order valence-electron chi connectivity index (χ4n) is 3.25. The van der Waals surface area contributed by atoms with Crippen LogP contribution in [0.4, 0.5) is 11.4 Å². The maximum Gasteiger partial charge on any atom is 0.221 e. The van der Waals surface area contributed by atoms with Gasteiger partial charge in [0.05, 0.1) is 0 Å². The highest BCUT2D eigenvalue weighted by Gasteiger charge is 2.17. The van der Waals surface area contributed by atoms with Crippen molar-refractivity contribution in [1.82, 2.24) is 0 Å². The van der Waals surface area contributed by atoms with Gasteiger partial charge in [-0.25, -0.2) is 0 Å². The van der Waals surface area contributed by atoms with E-state index in [0.717, 1.165) is 17.2 Å². The summed E-state index contributed by atoms with van der Waals surface area (Å²) < 4.78 is 0. The molecule has 2 unspecified atom stereocenters. The van der Waals surface area contributed by atoms with Crippen molar-refractivity contribution in [1.29, 1.82) is 0 Å². The molecule has 0 aromatic heterocycles. The summed E-state index contributed by atoms with van der Waals surface area (Å²) >= 11 is 0. The Morgan fingerprint density at radius 3 is 2.71 bits per heavy atom. The van der Waals surface area contributed by atoms with Crippen LogP contribution >= 0.6 is 0 Å². The van der Waals surface area contributed by atoms with Gasteiger partial charge in [0.2, 0.25) is 5.91 Å². The molecule has 1 aromatic carbocycles. The first-order chi connectivity index (χ1) is 10.1. The third kappa shape index (κ3) is 4.76. The molecular formula is C18H28N2O. The number of carbonyl (C=O) groups is 1. The van der Waals surface area contributed by atoms with Gasteiger partial charge in [0.15, 0.2) is 0 Å². The van der Waals surface area contributed by atoms with Crippen LogP contribution in [0.25, 0.3) is 0 Å². The predicted octanol–water partition coefficient (Wildman–Crippen LogP) is 4.72. The lowest BCUT2D eigenvalue weighted by molar-refractivity contribution is -0.114. The zero-order valence-corrected chi connectivity index (χ0v) is 13.5. The average Bonchev–Trinajstić information content (AvgIpc) is 2.67. The SMILES string of the molecule is CCC1CCCC(Nc2ccc(NC(C)=O)c(C)c2)CC1. The monoisotopic (exact) mass is 288 g/mol. The van der Waals surface area contributed by atoms with E-state index in [1.54, 1.807) is 6.92 Å². The second-order valence-electron chi connectivity index (χ2n) is 6.33. The first kappa shape index (κ1) is 15.9. The van der Waals surface area contributed by atoms with Crippen LogP contribution in [0.1, 0.15) is 57.9 Å². The number of aryl methyl sites for hydroxylation is 1. The molecular weight excluding hydrogens is 260 g/mol. The van der Waals surface area contributed by atoms with Gasteiger partial charge in [-0.15, -0.1) is 0 Å². The van der Waals surface area contributed by atoms with Crippen molar-refractivity contribution in [2.45, 2.75) is 65.3 Å². The van der Waals surface area contributed by atoms with Crippen molar-refractivity contribution >= 4 is 17.3 Å². The number of amides is 1. The number of hydrogen-bond donors (Lipinski definition) is 2. The van der Waals surface area contributed by atoms with Gasteiger partial charge in [0, 0.05) is 24.3 Å². The number of hydrogen-bond acceptors (Lipinski definition) is 2. The standard InChI is InChI=1S/C18H28N2O/c1-4-15-6-5-7-16(9-8-15)20-17-10-11-18(13(2)12-17)19-14(3)21/h10-12,15-16,20H,4-9H2,1-3H3,(H,19,21). The highest BCUT2D eigenvalue weighted by atomic mass is 16.1. The van der Waals surface area contributed by atoms with Crippen molar-refractivity contribution in [3.63, 3.8) is 0 Å². The Bertz CT molecular complexity index is 484. The lowest BCUT2D eigenvalue weighted by Gasteiger charge is -2.19. The van der Waals surface area contributed by atoms with E-state index in [9.17, 15) is 4.79 Å². The predicted molar refractivity (Wildman–Crippen MR) is 89.8 cm³/mol. The van der Waals surface area contributed by atoms with E-state index in [0.29, 0.717) is 6.04 Å². The average molecular weight is 288 g/mol. The highest BCUT2D eigenvalue weighted by molar-refractivity contribution is 5.89. The van der Waals surface area contributed by atoms with Gasteiger partial charge >= 0.3 is 0 Å². The minimum absolute atomic E-state index is 0.0202. The van der Waals surface area contributed by atoms with Crippen molar-refractivity contribution in [2.24, 2.45) is 5.92 Å². The molecule has 0 saturated heterocycles. The van der Waals surface area contributed by atoms with E-state index in [1.165, 1.54) is 44.2 Å². The lowest BCUT2D eigenvalue weighted by Crippen LogP contribution is -2.18. The van der Waals surface area contributed by atoms with Gasteiger partial charge in [-0.2, -0.15) is 0 Å². The molecule has 21 heavy (non-hydrogen) atoms. The maximum absolute atomic E-state index is 11.1. The van der Waals surface area contributed by atoms with Crippen LogP contribution in [0, 0.1) is 12.8 Å². The molecule has 2 atom stereocenters. The van der Waals surface area contributed by atoms with Crippen LogP contribution in [0.5, 0.6) is 0 Å². The molecule has 3 nitrogen and oxygen atoms in total. The zero-order chi connectivity index (χ0) is 15.2. The summed E-state index contributed by atoms with van der Waals surface area (Å²) in [6, 6.07) is 6.78. The largest absolute Gasteiger partial charge is 0.382 e. The molecule has 1 fully saturated rings. The van der Waals surface area contributed by atoms with Gasteiger partial charge in [0.25, 0.3) is 0 Å². The van der Waals surface area contributed by atoms with Crippen molar-refractivity contribution in [2.75, 3.05) is 10.6 Å². The molecule has 0 radical (unpaired) electrons. The number of nitrogens with one attached hydrogen (secondary N) is 2. The van der Waals surface area contributed by atoms with Crippen LogP contribution in [-0.4, -0.2) is 11.9 Å². The van der Waals surface area contributed by atoms with E-state index in [2.05, 4.69) is 29.7 Å². The quantitative estimate of drug-likeness (QED) is 0.787. The Hall–Kier alpha value is -1.51. The van der Waals surface area contributed by atoms with Gasteiger partial charge < -0.3 is 10.6 Å². The van der Waals surface area contributed by atoms with E-state index < -0.39 is 0 Å². The fraction of sp³-hybridized carbons (Fsp3) is 0.611. The van der Waals surface area contributed by atoms with Crippen LogP contribution < -0.4 is 10.6 Å². The summed E-state index contributed by atoms with van der Waals surface area (Å²) in [5, 5.41) is 6.53. The summed E-state index contributed by atoms with van der Waals surface area (Å²) in [6.45, 7) is 5.89. The second-order valence-corrected chi connectivity index (χ2v) is 6.33.